The molecule has 0 amide bonds. The minimum absolute atomic E-state index is 0.0748. The van der Waals surface area contributed by atoms with Crippen LogP contribution in [0.1, 0.15) is 18.8 Å². The lowest BCUT2D eigenvalue weighted by molar-refractivity contribution is 0.0899. The molecule has 0 bridgehead atoms. The van der Waals surface area contributed by atoms with Crippen molar-refractivity contribution in [1.29, 1.82) is 0 Å². The zero-order valence-electron chi connectivity index (χ0n) is 12.7. The van der Waals surface area contributed by atoms with Crippen LogP contribution in [0.15, 0.2) is 18.2 Å². The second-order valence-electron chi connectivity index (χ2n) is 4.98. The Morgan fingerprint density at radius 2 is 1.90 bits per heavy atom. The molecule has 0 saturated heterocycles. The fourth-order valence-electron chi connectivity index (χ4n) is 2.29. The van der Waals surface area contributed by atoms with Crippen LogP contribution >= 0.6 is 0 Å². The average Bonchev–Trinajstić information content (AvgIpc) is 2.89. The van der Waals surface area contributed by atoms with E-state index in [-0.39, 0.29) is 11.9 Å². The van der Waals surface area contributed by atoms with Gasteiger partial charge in [-0.15, -0.1) is 0 Å². The number of nitrogens with zero attached hydrogens (tertiary/aromatic N) is 2. The number of benzene rings is 1. The van der Waals surface area contributed by atoms with Gasteiger partial charge in [0.05, 0.1) is 30.3 Å². The third-order valence-corrected chi connectivity index (χ3v) is 3.57. The van der Waals surface area contributed by atoms with E-state index < -0.39 is 0 Å². The Bertz CT molecular complexity index is 565. The number of aromatic nitrogens is 2. The molecule has 0 aliphatic heterocycles. The van der Waals surface area contributed by atoms with Crippen LogP contribution < -0.4 is 0 Å². The quantitative estimate of drug-likeness (QED) is 0.812. The molecule has 1 heterocycles. The fraction of sp³-hybridized carbons (Fsp3) is 0.533. The van der Waals surface area contributed by atoms with E-state index in [0.29, 0.717) is 13.2 Å². The van der Waals surface area contributed by atoms with Crippen LogP contribution in [0.2, 0.25) is 0 Å². The molecule has 5 nitrogen and oxygen atoms in total. The molecule has 1 aromatic carbocycles. The second kappa shape index (κ2) is 7.49. The minimum atomic E-state index is -0.263. The predicted octanol–water partition coefficient (Wildman–Crippen LogP) is 2.36. The molecule has 0 spiro atoms. The maximum atomic E-state index is 13.2. The first-order valence-corrected chi connectivity index (χ1v) is 7.02. The number of ether oxygens (including phenoxy) is 2. The van der Waals surface area contributed by atoms with Gasteiger partial charge in [0.1, 0.15) is 11.6 Å². The lowest BCUT2D eigenvalue weighted by atomic mass is 10.2. The van der Waals surface area contributed by atoms with Crippen molar-refractivity contribution in [3.8, 4) is 0 Å². The molecule has 0 aliphatic carbocycles. The van der Waals surface area contributed by atoms with Crippen LogP contribution in [0, 0.1) is 5.82 Å². The minimum Gasteiger partial charge on any atom is -0.383 e. The van der Waals surface area contributed by atoms with Crippen molar-refractivity contribution >= 4 is 11.0 Å². The second-order valence-corrected chi connectivity index (χ2v) is 4.98. The number of imidazole rings is 1. The van der Waals surface area contributed by atoms with Crippen LogP contribution in [0.25, 0.3) is 11.0 Å². The molecule has 0 saturated carbocycles. The Balaban J connectivity index is 2.17. The van der Waals surface area contributed by atoms with Gasteiger partial charge in [-0.2, -0.15) is 0 Å². The van der Waals surface area contributed by atoms with Crippen molar-refractivity contribution in [2.45, 2.75) is 13.0 Å². The molecule has 1 N–H and O–H groups in total. The number of H-pyrrole nitrogens is 1. The van der Waals surface area contributed by atoms with Gasteiger partial charge in [0.2, 0.25) is 0 Å². The van der Waals surface area contributed by atoms with Gasteiger partial charge in [-0.25, -0.2) is 9.37 Å². The van der Waals surface area contributed by atoms with Gasteiger partial charge < -0.3 is 14.5 Å². The SMILES string of the molecule is COCCN(CCOC)C(C)c1nc2ccc(F)cc2[nH]1. The molecule has 1 atom stereocenters. The zero-order chi connectivity index (χ0) is 15.2. The van der Waals surface area contributed by atoms with E-state index in [1.807, 2.05) is 0 Å². The molecule has 116 valence electrons. The summed E-state index contributed by atoms with van der Waals surface area (Å²) in [5.41, 5.74) is 1.49. The van der Waals surface area contributed by atoms with Crippen LogP contribution in [0.4, 0.5) is 4.39 Å². The summed E-state index contributed by atoms with van der Waals surface area (Å²) in [6.07, 6.45) is 0. The number of halogens is 1. The summed E-state index contributed by atoms with van der Waals surface area (Å²) in [5.74, 6) is 0.559. The monoisotopic (exact) mass is 295 g/mol. The van der Waals surface area contributed by atoms with Crippen molar-refractivity contribution in [2.75, 3.05) is 40.5 Å². The summed E-state index contributed by atoms with van der Waals surface area (Å²) in [5, 5.41) is 0. The number of aromatic amines is 1. The Kier molecular flexibility index (Phi) is 5.67. The number of hydrogen-bond donors (Lipinski definition) is 1. The van der Waals surface area contributed by atoms with Gasteiger partial charge in [0.15, 0.2) is 0 Å². The van der Waals surface area contributed by atoms with Crippen molar-refractivity contribution < 1.29 is 13.9 Å². The van der Waals surface area contributed by atoms with Gasteiger partial charge in [-0.3, -0.25) is 4.90 Å². The van der Waals surface area contributed by atoms with E-state index >= 15 is 0 Å². The van der Waals surface area contributed by atoms with Crippen molar-refractivity contribution in [3.63, 3.8) is 0 Å². The van der Waals surface area contributed by atoms with Crippen LogP contribution in [0.5, 0.6) is 0 Å². The summed E-state index contributed by atoms with van der Waals surface area (Å²) in [7, 11) is 3.37. The number of nitrogens with one attached hydrogen (secondary N) is 1. The lowest BCUT2D eigenvalue weighted by Crippen LogP contribution is -2.33. The summed E-state index contributed by atoms with van der Waals surface area (Å²) >= 11 is 0. The normalized spacial score (nSPS) is 13.2. The molecular weight excluding hydrogens is 273 g/mol. The maximum Gasteiger partial charge on any atom is 0.125 e. The predicted molar refractivity (Wildman–Crippen MR) is 79.8 cm³/mol. The molecule has 0 fully saturated rings. The van der Waals surface area contributed by atoms with E-state index in [9.17, 15) is 4.39 Å². The molecular formula is C15H22FN3O2. The summed E-state index contributed by atoms with van der Waals surface area (Å²) in [6, 6.07) is 4.65. The van der Waals surface area contributed by atoms with E-state index in [4.69, 9.17) is 9.47 Å². The van der Waals surface area contributed by atoms with E-state index in [0.717, 1.165) is 29.9 Å². The topological polar surface area (TPSA) is 50.4 Å². The average molecular weight is 295 g/mol. The third-order valence-electron chi connectivity index (χ3n) is 3.57. The lowest BCUT2D eigenvalue weighted by Gasteiger charge is -2.27. The highest BCUT2D eigenvalue weighted by molar-refractivity contribution is 5.75. The van der Waals surface area contributed by atoms with Crippen molar-refractivity contribution in [2.24, 2.45) is 0 Å². The van der Waals surface area contributed by atoms with Crippen molar-refractivity contribution in [3.05, 3.63) is 29.8 Å². The van der Waals surface area contributed by atoms with Gasteiger partial charge in [0.25, 0.3) is 0 Å². The van der Waals surface area contributed by atoms with Crippen LogP contribution in [-0.4, -0.2) is 55.4 Å². The largest absolute Gasteiger partial charge is 0.383 e. The molecule has 6 heteroatoms. The van der Waals surface area contributed by atoms with Gasteiger partial charge in [0, 0.05) is 27.3 Å². The van der Waals surface area contributed by atoms with E-state index in [2.05, 4.69) is 21.8 Å². The van der Waals surface area contributed by atoms with Gasteiger partial charge in [-0.1, -0.05) is 0 Å². The standard InChI is InChI=1S/C15H22FN3O2/c1-11(19(6-8-20-2)7-9-21-3)15-17-13-5-4-12(16)10-14(13)18-15/h4-5,10-11H,6-9H2,1-3H3,(H,17,18). The van der Waals surface area contributed by atoms with E-state index in [1.165, 1.54) is 12.1 Å². The number of methoxy groups -OCH3 is 2. The maximum absolute atomic E-state index is 13.2. The molecule has 0 aliphatic rings. The molecule has 0 radical (unpaired) electrons. The third kappa shape index (κ3) is 4.00. The zero-order valence-corrected chi connectivity index (χ0v) is 12.7. The molecule has 1 unspecified atom stereocenters. The molecule has 2 rings (SSSR count). The summed E-state index contributed by atoms with van der Waals surface area (Å²) in [4.78, 5) is 9.96. The van der Waals surface area contributed by atoms with Gasteiger partial charge in [-0.05, 0) is 25.1 Å². The van der Waals surface area contributed by atoms with Crippen LogP contribution in [-0.2, 0) is 9.47 Å². The molecule has 2 aromatic rings. The summed E-state index contributed by atoms with van der Waals surface area (Å²) < 4.78 is 23.5. The molecule has 21 heavy (non-hydrogen) atoms. The Morgan fingerprint density at radius 3 is 2.52 bits per heavy atom. The highest BCUT2D eigenvalue weighted by Crippen LogP contribution is 2.21. The van der Waals surface area contributed by atoms with Crippen LogP contribution in [0.3, 0.4) is 0 Å². The van der Waals surface area contributed by atoms with Crippen molar-refractivity contribution in [1.82, 2.24) is 14.9 Å². The number of fused-ring (bicyclic) bond motifs is 1. The first-order valence-electron chi connectivity index (χ1n) is 7.02. The first kappa shape index (κ1) is 15.9. The smallest absolute Gasteiger partial charge is 0.125 e. The summed E-state index contributed by atoms with van der Waals surface area (Å²) in [6.45, 7) is 4.92. The molecule has 1 aromatic heterocycles. The Morgan fingerprint density at radius 1 is 1.24 bits per heavy atom. The van der Waals surface area contributed by atoms with E-state index in [1.54, 1.807) is 20.3 Å². The highest BCUT2D eigenvalue weighted by atomic mass is 19.1. The fourth-order valence-corrected chi connectivity index (χ4v) is 2.29. The van der Waals surface area contributed by atoms with Gasteiger partial charge >= 0.3 is 0 Å². The number of hydrogen-bond acceptors (Lipinski definition) is 4. The Labute approximate surface area is 124 Å². The Hall–Kier alpha value is -1.50. The first-order chi connectivity index (χ1) is 10.2. The number of rotatable bonds is 8. The highest BCUT2D eigenvalue weighted by Gasteiger charge is 2.18.